The molecule has 0 unspecified atom stereocenters. The Morgan fingerprint density at radius 1 is 0.857 bits per heavy atom. The third-order valence-corrected chi connectivity index (χ3v) is 2.03. The minimum atomic E-state index is -0.209. The van der Waals surface area contributed by atoms with E-state index in [1.165, 1.54) is 12.2 Å². The maximum atomic E-state index is 11.2. The van der Waals surface area contributed by atoms with Gasteiger partial charge in [0, 0.05) is 0 Å². The summed E-state index contributed by atoms with van der Waals surface area (Å²) in [5, 5.41) is 0. The van der Waals surface area contributed by atoms with Gasteiger partial charge in [-0.05, 0) is 23.8 Å². The van der Waals surface area contributed by atoms with E-state index in [9.17, 15) is 9.59 Å². The minimum Gasteiger partial charge on any atom is -0.289 e. The molecule has 0 amide bonds. The van der Waals surface area contributed by atoms with Gasteiger partial charge < -0.3 is 0 Å². The lowest BCUT2D eigenvalue weighted by Gasteiger charge is -1.94. The highest BCUT2D eigenvalue weighted by Crippen LogP contribution is 2.13. The Morgan fingerprint density at radius 3 is 2.00 bits per heavy atom. The molecule has 0 spiro atoms. The topological polar surface area (TPSA) is 34.1 Å². The number of carbonyl (C=O) groups is 2. The first kappa shape index (κ1) is 8.63. The van der Waals surface area contributed by atoms with E-state index in [2.05, 4.69) is 0 Å². The van der Waals surface area contributed by atoms with Gasteiger partial charge in [0.25, 0.3) is 0 Å². The van der Waals surface area contributed by atoms with Crippen molar-refractivity contribution in [2.45, 2.75) is 0 Å². The molecule has 0 bridgehead atoms. The van der Waals surface area contributed by atoms with Gasteiger partial charge in [-0.25, -0.2) is 0 Å². The van der Waals surface area contributed by atoms with E-state index < -0.39 is 0 Å². The van der Waals surface area contributed by atoms with Crippen LogP contribution in [0.4, 0.5) is 0 Å². The molecule has 2 rings (SSSR count). The van der Waals surface area contributed by atoms with Crippen LogP contribution in [0.3, 0.4) is 0 Å². The standard InChI is InChI=1S/C12H8O2/c13-11-6-7-12(14)10(11)8-9-4-2-1-3-5-9/h1-8H. The van der Waals surface area contributed by atoms with E-state index >= 15 is 0 Å². The number of benzene rings is 1. The Hall–Kier alpha value is -1.96. The van der Waals surface area contributed by atoms with E-state index in [1.807, 2.05) is 30.3 Å². The Kier molecular flexibility index (Phi) is 2.11. The van der Waals surface area contributed by atoms with E-state index in [0.29, 0.717) is 0 Å². The second-order valence-electron chi connectivity index (χ2n) is 3.03. The Morgan fingerprint density at radius 2 is 1.43 bits per heavy atom. The number of hydrogen-bond acceptors (Lipinski definition) is 2. The number of rotatable bonds is 1. The SMILES string of the molecule is O=C1C=CC(=O)C1=Cc1ccccc1. The molecule has 0 aliphatic heterocycles. The predicted octanol–water partition coefficient (Wildman–Crippen LogP) is 1.78. The van der Waals surface area contributed by atoms with Crippen molar-refractivity contribution in [2.24, 2.45) is 0 Å². The predicted molar refractivity (Wildman–Crippen MR) is 53.6 cm³/mol. The van der Waals surface area contributed by atoms with Crippen LogP contribution in [0.25, 0.3) is 6.08 Å². The fraction of sp³-hybridized carbons (Fsp3) is 0. The molecule has 0 fully saturated rings. The van der Waals surface area contributed by atoms with Crippen LogP contribution in [0.15, 0.2) is 48.1 Å². The molecule has 0 radical (unpaired) electrons. The molecule has 0 heterocycles. The van der Waals surface area contributed by atoms with Crippen molar-refractivity contribution in [3.63, 3.8) is 0 Å². The molecule has 2 heteroatoms. The number of ketones is 2. The van der Waals surface area contributed by atoms with Crippen molar-refractivity contribution in [3.05, 3.63) is 53.6 Å². The summed E-state index contributed by atoms with van der Waals surface area (Å²) in [5.41, 5.74) is 1.11. The molecule has 2 nitrogen and oxygen atoms in total. The zero-order chi connectivity index (χ0) is 9.97. The summed E-state index contributed by atoms with van der Waals surface area (Å²) in [6, 6.07) is 9.32. The maximum absolute atomic E-state index is 11.2. The third kappa shape index (κ3) is 1.55. The van der Waals surface area contributed by atoms with Gasteiger partial charge in [0.05, 0.1) is 5.57 Å². The van der Waals surface area contributed by atoms with E-state index in [4.69, 9.17) is 0 Å². The van der Waals surface area contributed by atoms with Crippen LogP contribution in [0.1, 0.15) is 5.56 Å². The molecule has 0 saturated heterocycles. The van der Waals surface area contributed by atoms with Gasteiger partial charge in [-0.3, -0.25) is 9.59 Å². The smallest absolute Gasteiger partial charge is 0.189 e. The van der Waals surface area contributed by atoms with E-state index in [0.717, 1.165) is 5.56 Å². The molecule has 0 aromatic heterocycles. The van der Waals surface area contributed by atoms with Gasteiger partial charge in [0.15, 0.2) is 11.6 Å². The first-order valence-corrected chi connectivity index (χ1v) is 4.31. The lowest BCUT2D eigenvalue weighted by atomic mass is 10.1. The molecule has 0 saturated carbocycles. The van der Waals surface area contributed by atoms with Gasteiger partial charge in [0.2, 0.25) is 0 Å². The summed E-state index contributed by atoms with van der Waals surface area (Å²) in [5.74, 6) is -0.419. The first-order chi connectivity index (χ1) is 6.77. The average molecular weight is 184 g/mol. The van der Waals surface area contributed by atoms with Crippen molar-refractivity contribution in [2.75, 3.05) is 0 Å². The summed E-state index contributed by atoms with van der Waals surface area (Å²) in [4.78, 5) is 22.4. The van der Waals surface area contributed by atoms with Crippen LogP contribution in [0.5, 0.6) is 0 Å². The minimum absolute atomic E-state index is 0.209. The zero-order valence-electron chi connectivity index (χ0n) is 7.44. The number of allylic oxidation sites excluding steroid dienone is 3. The Bertz CT molecular complexity index is 419. The molecule has 0 atom stereocenters. The lowest BCUT2D eigenvalue weighted by molar-refractivity contribution is -0.115. The maximum Gasteiger partial charge on any atom is 0.189 e. The molecule has 14 heavy (non-hydrogen) atoms. The summed E-state index contributed by atoms with van der Waals surface area (Å²) in [7, 11) is 0. The fourth-order valence-corrected chi connectivity index (χ4v) is 1.31. The summed E-state index contributed by atoms with van der Waals surface area (Å²) in [6.07, 6.45) is 4.22. The highest BCUT2D eigenvalue weighted by molar-refractivity contribution is 6.35. The second kappa shape index (κ2) is 3.42. The van der Waals surface area contributed by atoms with Crippen molar-refractivity contribution >= 4 is 17.6 Å². The Labute approximate surface area is 81.6 Å². The quantitative estimate of drug-likeness (QED) is 0.492. The molecule has 68 valence electrons. The summed E-state index contributed by atoms with van der Waals surface area (Å²) >= 11 is 0. The molecule has 1 aromatic carbocycles. The third-order valence-electron chi connectivity index (χ3n) is 2.03. The van der Waals surface area contributed by atoms with Crippen LogP contribution < -0.4 is 0 Å². The van der Waals surface area contributed by atoms with E-state index in [1.54, 1.807) is 6.08 Å². The van der Waals surface area contributed by atoms with Crippen molar-refractivity contribution in [1.29, 1.82) is 0 Å². The highest BCUT2D eigenvalue weighted by atomic mass is 16.2. The van der Waals surface area contributed by atoms with Gasteiger partial charge in [-0.1, -0.05) is 30.3 Å². The van der Waals surface area contributed by atoms with Crippen LogP contribution in [0, 0.1) is 0 Å². The van der Waals surface area contributed by atoms with E-state index in [-0.39, 0.29) is 17.1 Å². The zero-order valence-corrected chi connectivity index (χ0v) is 7.44. The molecule has 0 N–H and O–H groups in total. The molecular weight excluding hydrogens is 176 g/mol. The molecule has 1 aliphatic carbocycles. The Balaban J connectivity index is 2.37. The second-order valence-corrected chi connectivity index (χ2v) is 3.03. The van der Waals surface area contributed by atoms with Gasteiger partial charge in [-0.2, -0.15) is 0 Å². The van der Waals surface area contributed by atoms with Crippen molar-refractivity contribution in [1.82, 2.24) is 0 Å². The van der Waals surface area contributed by atoms with Crippen LogP contribution in [-0.4, -0.2) is 11.6 Å². The van der Waals surface area contributed by atoms with Crippen molar-refractivity contribution in [3.8, 4) is 0 Å². The van der Waals surface area contributed by atoms with Crippen LogP contribution in [-0.2, 0) is 9.59 Å². The van der Waals surface area contributed by atoms with Crippen LogP contribution >= 0.6 is 0 Å². The van der Waals surface area contributed by atoms with Gasteiger partial charge >= 0.3 is 0 Å². The summed E-state index contributed by atoms with van der Waals surface area (Å²) in [6.45, 7) is 0. The van der Waals surface area contributed by atoms with Crippen LogP contribution in [0.2, 0.25) is 0 Å². The number of hydrogen-bond donors (Lipinski definition) is 0. The van der Waals surface area contributed by atoms with Gasteiger partial charge in [-0.15, -0.1) is 0 Å². The molecular formula is C12H8O2. The largest absolute Gasteiger partial charge is 0.289 e. The first-order valence-electron chi connectivity index (χ1n) is 4.31. The average Bonchev–Trinajstić information content (AvgIpc) is 2.51. The fourth-order valence-electron chi connectivity index (χ4n) is 1.31. The number of carbonyl (C=O) groups excluding carboxylic acids is 2. The monoisotopic (exact) mass is 184 g/mol. The van der Waals surface area contributed by atoms with Gasteiger partial charge in [0.1, 0.15) is 0 Å². The molecule has 1 aromatic rings. The van der Waals surface area contributed by atoms with Crippen molar-refractivity contribution < 1.29 is 9.59 Å². The molecule has 1 aliphatic rings. The lowest BCUT2D eigenvalue weighted by Crippen LogP contribution is -2.00. The summed E-state index contributed by atoms with van der Waals surface area (Å²) < 4.78 is 0. The highest BCUT2D eigenvalue weighted by Gasteiger charge is 2.19. The normalized spacial score (nSPS) is 15.0.